The Morgan fingerprint density at radius 2 is 1.57 bits per heavy atom. The molecule has 0 aliphatic heterocycles. The topological polar surface area (TPSA) is 53.2 Å². The first-order chi connectivity index (χ1) is 10.7. The number of anilines is 3. The second kappa shape index (κ2) is 6.73. The van der Waals surface area contributed by atoms with Crippen LogP contribution in [0, 0.1) is 13.8 Å². The lowest BCUT2D eigenvalue weighted by molar-refractivity contribution is 0.262. The normalized spacial score (nSPS) is 11.0. The van der Waals surface area contributed by atoms with Gasteiger partial charge in [-0.3, -0.25) is 0 Å². The van der Waals surface area contributed by atoms with E-state index < -0.39 is 0 Å². The molecule has 2 aromatic rings. The average Bonchev–Trinajstić information content (AvgIpc) is 2.41. The van der Waals surface area contributed by atoms with E-state index in [9.17, 15) is 4.79 Å². The van der Waals surface area contributed by atoms with Gasteiger partial charge in [-0.15, -0.1) is 0 Å². The Hall–Kier alpha value is -2.49. The van der Waals surface area contributed by atoms with Gasteiger partial charge < -0.3 is 16.0 Å². The van der Waals surface area contributed by atoms with Crippen LogP contribution in [0.25, 0.3) is 0 Å². The number of hydrogen-bond acceptors (Lipinski definition) is 2. The molecule has 0 heterocycles. The van der Waals surface area contributed by atoms with Gasteiger partial charge >= 0.3 is 6.03 Å². The molecule has 0 radical (unpaired) electrons. The highest BCUT2D eigenvalue weighted by Gasteiger charge is 2.12. The molecule has 0 aromatic heterocycles. The molecular formula is C19H25N3O. The number of benzene rings is 2. The van der Waals surface area contributed by atoms with Crippen molar-refractivity contribution < 1.29 is 4.79 Å². The predicted octanol–water partition coefficient (Wildman–Crippen LogP) is 5.16. The lowest BCUT2D eigenvalue weighted by atomic mass is 10.1. The van der Waals surface area contributed by atoms with Crippen molar-refractivity contribution in [2.24, 2.45) is 0 Å². The Labute approximate surface area is 138 Å². The van der Waals surface area contributed by atoms with Gasteiger partial charge in [-0.05, 0) is 70.0 Å². The zero-order valence-electron chi connectivity index (χ0n) is 14.4. The summed E-state index contributed by atoms with van der Waals surface area (Å²) in [6, 6.07) is 13.3. The predicted molar refractivity (Wildman–Crippen MR) is 98.4 cm³/mol. The van der Waals surface area contributed by atoms with Gasteiger partial charge in [0.1, 0.15) is 0 Å². The van der Waals surface area contributed by atoms with Crippen LogP contribution in [-0.4, -0.2) is 11.6 Å². The van der Waals surface area contributed by atoms with Gasteiger partial charge in [0.15, 0.2) is 0 Å². The highest BCUT2D eigenvalue weighted by atomic mass is 16.2. The summed E-state index contributed by atoms with van der Waals surface area (Å²) in [5.41, 5.74) is 4.77. The zero-order valence-corrected chi connectivity index (χ0v) is 14.4. The summed E-state index contributed by atoms with van der Waals surface area (Å²) in [4.78, 5) is 12.1. The van der Waals surface area contributed by atoms with Gasteiger partial charge in [0.2, 0.25) is 0 Å². The van der Waals surface area contributed by atoms with Crippen LogP contribution in [-0.2, 0) is 0 Å². The lowest BCUT2D eigenvalue weighted by Gasteiger charge is -2.24. The van der Waals surface area contributed by atoms with Crippen molar-refractivity contribution >= 4 is 23.1 Å². The van der Waals surface area contributed by atoms with Gasteiger partial charge in [-0.25, -0.2) is 4.79 Å². The van der Waals surface area contributed by atoms with Crippen molar-refractivity contribution in [1.29, 1.82) is 0 Å². The lowest BCUT2D eigenvalue weighted by Crippen LogP contribution is -2.26. The molecule has 122 valence electrons. The Morgan fingerprint density at radius 1 is 0.913 bits per heavy atom. The van der Waals surface area contributed by atoms with Crippen molar-refractivity contribution in [2.45, 2.75) is 40.2 Å². The molecule has 0 aliphatic rings. The van der Waals surface area contributed by atoms with Crippen LogP contribution in [0.2, 0.25) is 0 Å². The molecule has 0 fully saturated rings. The number of carbonyl (C=O) groups is 1. The number of rotatable bonds is 3. The van der Waals surface area contributed by atoms with Gasteiger partial charge in [0, 0.05) is 22.6 Å². The fourth-order valence-electron chi connectivity index (χ4n) is 2.25. The number of aryl methyl sites for hydroxylation is 2. The highest BCUT2D eigenvalue weighted by molar-refractivity contribution is 6.00. The average molecular weight is 311 g/mol. The minimum absolute atomic E-state index is 0.0345. The Balaban J connectivity index is 2.07. The molecule has 0 saturated heterocycles. The van der Waals surface area contributed by atoms with Crippen LogP contribution >= 0.6 is 0 Å². The SMILES string of the molecule is Cc1cccc(NC(=O)Nc2ccc(C)c(NC(C)(C)C)c2)c1. The summed E-state index contributed by atoms with van der Waals surface area (Å²) in [7, 11) is 0. The molecule has 0 aliphatic carbocycles. The van der Waals surface area contributed by atoms with E-state index in [1.165, 1.54) is 0 Å². The fraction of sp³-hybridized carbons (Fsp3) is 0.316. The van der Waals surface area contributed by atoms with Crippen LogP contribution in [0.15, 0.2) is 42.5 Å². The molecule has 2 rings (SSSR count). The summed E-state index contributed by atoms with van der Waals surface area (Å²) in [6.45, 7) is 10.4. The maximum atomic E-state index is 12.1. The first kappa shape index (κ1) is 16.9. The summed E-state index contributed by atoms with van der Waals surface area (Å²) < 4.78 is 0. The minimum atomic E-state index is -0.249. The molecule has 4 nitrogen and oxygen atoms in total. The first-order valence-electron chi connectivity index (χ1n) is 7.76. The van der Waals surface area contributed by atoms with Gasteiger partial charge in [0.05, 0.1) is 0 Å². The van der Waals surface area contributed by atoms with Gasteiger partial charge in [-0.2, -0.15) is 0 Å². The number of hydrogen-bond donors (Lipinski definition) is 3. The second-order valence-electron chi connectivity index (χ2n) is 6.85. The minimum Gasteiger partial charge on any atom is -0.380 e. The summed E-state index contributed by atoms with van der Waals surface area (Å²) in [6.07, 6.45) is 0. The fourth-order valence-corrected chi connectivity index (χ4v) is 2.25. The van der Waals surface area contributed by atoms with E-state index in [1.807, 2.05) is 56.3 Å². The molecule has 0 saturated carbocycles. The van der Waals surface area contributed by atoms with Crippen molar-refractivity contribution in [2.75, 3.05) is 16.0 Å². The van der Waals surface area contributed by atoms with E-state index >= 15 is 0 Å². The van der Waals surface area contributed by atoms with Crippen LogP contribution in [0.1, 0.15) is 31.9 Å². The number of carbonyl (C=O) groups excluding carboxylic acids is 1. The maximum absolute atomic E-state index is 12.1. The van der Waals surface area contributed by atoms with Crippen molar-refractivity contribution in [3.63, 3.8) is 0 Å². The summed E-state index contributed by atoms with van der Waals surface area (Å²) in [5.74, 6) is 0. The monoisotopic (exact) mass is 311 g/mol. The van der Waals surface area contributed by atoms with Crippen LogP contribution < -0.4 is 16.0 Å². The summed E-state index contributed by atoms with van der Waals surface area (Å²) in [5, 5.41) is 9.16. The van der Waals surface area contributed by atoms with Crippen LogP contribution in [0.5, 0.6) is 0 Å². The van der Waals surface area contributed by atoms with Crippen molar-refractivity contribution in [3.8, 4) is 0 Å². The van der Waals surface area contributed by atoms with Crippen LogP contribution in [0.4, 0.5) is 21.9 Å². The molecule has 2 aromatic carbocycles. The van der Waals surface area contributed by atoms with E-state index in [2.05, 4.69) is 36.7 Å². The molecular weight excluding hydrogens is 286 g/mol. The van der Waals surface area contributed by atoms with Crippen molar-refractivity contribution in [3.05, 3.63) is 53.6 Å². The third-order valence-electron chi connectivity index (χ3n) is 3.28. The quantitative estimate of drug-likeness (QED) is 0.733. The maximum Gasteiger partial charge on any atom is 0.323 e. The first-order valence-corrected chi connectivity index (χ1v) is 7.76. The molecule has 3 N–H and O–H groups in total. The number of amides is 2. The molecule has 0 bridgehead atoms. The van der Waals surface area contributed by atoms with E-state index in [4.69, 9.17) is 0 Å². The van der Waals surface area contributed by atoms with Crippen LogP contribution in [0.3, 0.4) is 0 Å². The van der Waals surface area contributed by atoms with E-state index in [0.717, 1.165) is 28.2 Å². The Bertz CT molecular complexity index is 702. The summed E-state index contributed by atoms with van der Waals surface area (Å²) >= 11 is 0. The third kappa shape index (κ3) is 5.33. The van der Waals surface area contributed by atoms with Gasteiger partial charge in [-0.1, -0.05) is 18.2 Å². The Kier molecular flexibility index (Phi) is 4.94. The molecule has 0 unspecified atom stereocenters. The van der Waals surface area contributed by atoms with E-state index in [0.29, 0.717) is 0 Å². The van der Waals surface area contributed by atoms with Gasteiger partial charge in [0.25, 0.3) is 0 Å². The molecule has 4 heteroatoms. The third-order valence-corrected chi connectivity index (χ3v) is 3.28. The number of nitrogens with one attached hydrogen (secondary N) is 3. The van der Waals surface area contributed by atoms with E-state index in [-0.39, 0.29) is 11.6 Å². The number of urea groups is 1. The Morgan fingerprint density at radius 3 is 2.17 bits per heavy atom. The smallest absolute Gasteiger partial charge is 0.323 e. The molecule has 23 heavy (non-hydrogen) atoms. The molecule has 2 amide bonds. The molecule has 0 atom stereocenters. The standard InChI is InChI=1S/C19H25N3O/c1-13-7-6-8-15(11-13)20-18(23)21-16-10-9-14(2)17(12-16)22-19(3,4)5/h6-12,22H,1-5H3,(H2,20,21,23). The largest absolute Gasteiger partial charge is 0.380 e. The molecule has 0 spiro atoms. The van der Waals surface area contributed by atoms with Crippen molar-refractivity contribution in [1.82, 2.24) is 0 Å². The zero-order chi connectivity index (χ0) is 17.0. The second-order valence-corrected chi connectivity index (χ2v) is 6.85. The van der Waals surface area contributed by atoms with E-state index in [1.54, 1.807) is 0 Å². The highest BCUT2D eigenvalue weighted by Crippen LogP contribution is 2.23.